The average Bonchev–Trinajstić information content (AvgIpc) is 2.55. The number of benzene rings is 1. The first-order chi connectivity index (χ1) is 11.9. The van der Waals surface area contributed by atoms with Crippen molar-refractivity contribution in [2.45, 2.75) is 26.2 Å². The lowest BCUT2D eigenvalue weighted by molar-refractivity contribution is -0.118. The normalized spacial score (nSPS) is 11.0. The number of carbonyl (C=O) groups is 1. The Morgan fingerprint density at radius 1 is 1.20 bits per heavy atom. The number of ether oxygens (including phenoxy) is 1. The molecule has 1 heterocycles. The molecule has 0 N–H and O–H groups in total. The number of ketones is 1. The molecule has 0 unspecified atom stereocenters. The molecular weight excluding hydrogens is 361 g/mol. The summed E-state index contributed by atoms with van der Waals surface area (Å²) in [5.41, 5.74) is 1.49. The maximum absolute atomic E-state index is 12.0. The van der Waals surface area contributed by atoms with Crippen molar-refractivity contribution in [1.29, 1.82) is 0 Å². The van der Waals surface area contributed by atoms with Crippen molar-refractivity contribution >= 4 is 29.0 Å². The highest BCUT2D eigenvalue weighted by molar-refractivity contribution is 6.43. The van der Waals surface area contributed by atoms with Crippen LogP contribution in [0, 0.1) is 6.92 Å². The summed E-state index contributed by atoms with van der Waals surface area (Å²) in [6, 6.07) is 5.20. The van der Waals surface area contributed by atoms with Crippen molar-refractivity contribution in [2.24, 2.45) is 0 Å². The Morgan fingerprint density at radius 3 is 2.68 bits per heavy atom. The standard InChI is InChI=1S/C18H21Cl2N3O2/c1-12-6-7-15(18(20)17(12)19)25-16-10-13(21-11-22-16)9-14(24)5-4-8-23(2)3/h6-7,10-11H,4-5,8-9H2,1-3H3. The van der Waals surface area contributed by atoms with E-state index in [1.165, 1.54) is 6.33 Å². The summed E-state index contributed by atoms with van der Waals surface area (Å²) in [4.78, 5) is 22.3. The van der Waals surface area contributed by atoms with Crippen LogP contribution in [0.1, 0.15) is 24.1 Å². The molecule has 0 radical (unpaired) electrons. The average molecular weight is 382 g/mol. The van der Waals surface area contributed by atoms with Crippen molar-refractivity contribution in [3.8, 4) is 11.6 Å². The van der Waals surface area contributed by atoms with Gasteiger partial charge in [-0.2, -0.15) is 0 Å². The molecule has 0 aliphatic carbocycles. The van der Waals surface area contributed by atoms with Crippen molar-refractivity contribution in [3.63, 3.8) is 0 Å². The molecule has 0 fully saturated rings. The minimum absolute atomic E-state index is 0.142. The summed E-state index contributed by atoms with van der Waals surface area (Å²) in [7, 11) is 3.97. The third kappa shape index (κ3) is 5.96. The number of aromatic nitrogens is 2. The van der Waals surface area contributed by atoms with Gasteiger partial charge in [-0.1, -0.05) is 29.3 Å². The zero-order valence-corrected chi connectivity index (χ0v) is 16.1. The van der Waals surface area contributed by atoms with Gasteiger partial charge in [0.1, 0.15) is 22.9 Å². The lowest BCUT2D eigenvalue weighted by Gasteiger charge is -2.10. The second-order valence-corrected chi connectivity index (χ2v) is 6.84. The minimum atomic E-state index is 0.142. The van der Waals surface area contributed by atoms with Crippen molar-refractivity contribution in [2.75, 3.05) is 20.6 Å². The van der Waals surface area contributed by atoms with Crippen LogP contribution < -0.4 is 4.74 Å². The highest BCUT2D eigenvalue weighted by atomic mass is 35.5. The van der Waals surface area contributed by atoms with Gasteiger partial charge in [-0.05, 0) is 45.6 Å². The van der Waals surface area contributed by atoms with Crippen LogP contribution in [-0.2, 0) is 11.2 Å². The Labute approximate surface area is 157 Å². The summed E-state index contributed by atoms with van der Waals surface area (Å²) < 4.78 is 5.69. The van der Waals surface area contributed by atoms with Crippen molar-refractivity contribution < 1.29 is 9.53 Å². The molecule has 0 atom stereocenters. The summed E-state index contributed by atoms with van der Waals surface area (Å²) in [5.74, 6) is 0.884. The molecule has 2 rings (SSSR count). The third-order valence-electron chi connectivity index (χ3n) is 3.59. The molecule has 25 heavy (non-hydrogen) atoms. The highest BCUT2D eigenvalue weighted by Crippen LogP contribution is 2.36. The van der Waals surface area contributed by atoms with Crippen LogP contribution in [0.2, 0.25) is 10.0 Å². The molecular formula is C18H21Cl2N3O2. The maximum atomic E-state index is 12.0. The molecule has 1 aromatic carbocycles. The fourth-order valence-corrected chi connectivity index (χ4v) is 2.64. The van der Waals surface area contributed by atoms with E-state index in [1.54, 1.807) is 12.1 Å². The Kier molecular flexibility index (Phi) is 7.17. The van der Waals surface area contributed by atoms with E-state index >= 15 is 0 Å². The Hall–Kier alpha value is -1.69. The Morgan fingerprint density at radius 2 is 1.96 bits per heavy atom. The molecule has 0 aliphatic rings. The van der Waals surface area contributed by atoms with Gasteiger partial charge in [-0.25, -0.2) is 9.97 Å². The first kappa shape index (κ1) is 19.6. The van der Waals surface area contributed by atoms with Gasteiger partial charge in [0.2, 0.25) is 5.88 Å². The third-order valence-corrected chi connectivity index (χ3v) is 4.55. The first-order valence-electron chi connectivity index (χ1n) is 7.96. The van der Waals surface area contributed by atoms with E-state index < -0.39 is 0 Å². The van der Waals surface area contributed by atoms with E-state index in [-0.39, 0.29) is 12.2 Å². The summed E-state index contributed by atoms with van der Waals surface area (Å²) in [6.07, 6.45) is 2.99. The van der Waals surface area contributed by atoms with Gasteiger partial charge in [0.05, 0.1) is 10.7 Å². The van der Waals surface area contributed by atoms with E-state index in [0.717, 1.165) is 18.5 Å². The van der Waals surface area contributed by atoms with Crippen LogP contribution in [0.3, 0.4) is 0 Å². The minimum Gasteiger partial charge on any atom is -0.437 e. The van der Waals surface area contributed by atoms with E-state index in [1.807, 2.05) is 27.1 Å². The smallest absolute Gasteiger partial charge is 0.222 e. The van der Waals surface area contributed by atoms with E-state index in [0.29, 0.717) is 33.8 Å². The van der Waals surface area contributed by atoms with Gasteiger partial charge in [0, 0.05) is 18.9 Å². The zero-order chi connectivity index (χ0) is 18.4. The number of rotatable bonds is 8. The first-order valence-corrected chi connectivity index (χ1v) is 8.72. The second-order valence-electron chi connectivity index (χ2n) is 6.08. The Balaban J connectivity index is 2.02. The van der Waals surface area contributed by atoms with Gasteiger partial charge in [-0.15, -0.1) is 0 Å². The number of Topliss-reactive ketones (excluding diaryl/α,β-unsaturated/α-hetero) is 1. The predicted molar refractivity (Wildman–Crippen MR) is 99.8 cm³/mol. The summed E-state index contributed by atoms with van der Waals surface area (Å²) in [6.45, 7) is 2.75. The number of carbonyl (C=O) groups excluding carboxylic acids is 1. The molecule has 0 amide bonds. The van der Waals surface area contributed by atoms with Gasteiger partial charge >= 0.3 is 0 Å². The van der Waals surface area contributed by atoms with E-state index in [4.69, 9.17) is 27.9 Å². The predicted octanol–water partition coefficient (Wildman–Crippen LogP) is 4.34. The molecule has 7 heteroatoms. The summed E-state index contributed by atoms with van der Waals surface area (Å²) >= 11 is 12.3. The largest absolute Gasteiger partial charge is 0.437 e. The lowest BCUT2D eigenvalue weighted by Crippen LogP contribution is -2.15. The van der Waals surface area contributed by atoms with Crippen molar-refractivity contribution in [3.05, 3.63) is 45.8 Å². The molecule has 134 valence electrons. The van der Waals surface area contributed by atoms with Gasteiger partial charge < -0.3 is 9.64 Å². The highest BCUT2D eigenvalue weighted by Gasteiger charge is 2.12. The van der Waals surface area contributed by atoms with Crippen LogP contribution in [0.15, 0.2) is 24.5 Å². The van der Waals surface area contributed by atoms with Crippen LogP contribution in [0.5, 0.6) is 11.6 Å². The fourth-order valence-electron chi connectivity index (χ4n) is 2.23. The SMILES string of the molecule is Cc1ccc(Oc2cc(CC(=O)CCCN(C)C)ncn2)c(Cl)c1Cl. The van der Waals surface area contributed by atoms with Crippen LogP contribution >= 0.6 is 23.2 Å². The number of hydrogen-bond donors (Lipinski definition) is 0. The molecule has 1 aromatic heterocycles. The number of nitrogens with zero attached hydrogens (tertiary/aromatic N) is 3. The number of halogens is 2. The van der Waals surface area contributed by atoms with Gasteiger partial charge in [-0.3, -0.25) is 4.79 Å². The molecule has 0 saturated carbocycles. The van der Waals surface area contributed by atoms with Gasteiger partial charge in [0.15, 0.2) is 0 Å². The van der Waals surface area contributed by atoms with Crippen LogP contribution in [0.4, 0.5) is 0 Å². The van der Waals surface area contributed by atoms with Crippen molar-refractivity contribution in [1.82, 2.24) is 14.9 Å². The molecule has 0 bridgehead atoms. The molecule has 0 aliphatic heterocycles. The second kappa shape index (κ2) is 9.13. The summed E-state index contributed by atoms with van der Waals surface area (Å²) in [5, 5.41) is 0.783. The topological polar surface area (TPSA) is 55.3 Å². The zero-order valence-electron chi connectivity index (χ0n) is 14.6. The Bertz CT molecular complexity index is 751. The van der Waals surface area contributed by atoms with Gasteiger partial charge in [0.25, 0.3) is 0 Å². The number of hydrogen-bond acceptors (Lipinski definition) is 5. The fraction of sp³-hybridized carbons (Fsp3) is 0.389. The van der Waals surface area contributed by atoms with Crippen LogP contribution in [-0.4, -0.2) is 41.3 Å². The maximum Gasteiger partial charge on any atom is 0.222 e. The lowest BCUT2D eigenvalue weighted by atomic mass is 10.1. The molecule has 0 saturated heterocycles. The van der Waals surface area contributed by atoms with E-state index in [2.05, 4.69) is 14.9 Å². The number of aryl methyl sites for hydroxylation is 1. The van der Waals surface area contributed by atoms with E-state index in [9.17, 15) is 4.79 Å². The quantitative estimate of drug-likeness (QED) is 0.680. The molecule has 2 aromatic rings. The molecule has 0 spiro atoms. The van der Waals surface area contributed by atoms with Crippen LogP contribution in [0.25, 0.3) is 0 Å². The molecule has 5 nitrogen and oxygen atoms in total. The monoisotopic (exact) mass is 381 g/mol.